The van der Waals surface area contributed by atoms with E-state index in [1.54, 1.807) is 22.7 Å². The van der Waals surface area contributed by atoms with Gasteiger partial charge < -0.3 is 0 Å². The van der Waals surface area contributed by atoms with Crippen LogP contribution in [0.25, 0.3) is 20.2 Å². The Balaban J connectivity index is 1.69. The summed E-state index contributed by atoms with van der Waals surface area (Å²) in [7, 11) is 0. The van der Waals surface area contributed by atoms with Crippen molar-refractivity contribution in [2.24, 2.45) is 0 Å². The average Bonchev–Trinajstić information content (AvgIpc) is 3.11. The van der Waals surface area contributed by atoms with E-state index in [9.17, 15) is 4.79 Å². The van der Waals surface area contributed by atoms with Crippen molar-refractivity contribution in [2.45, 2.75) is 6.42 Å². The van der Waals surface area contributed by atoms with Gasteiger partial charge in [0.15, 0.2) is 5.78 Å². The summed E-state index contributed by atoms with van der Waals surface area (Å²) in [5, 5.41) is 4.47. The summed E-state index contributed by atoms with van der Waals surface area (Å²) < 4.78 is 2.42. The van der Waals surface area contributed by atoms with E-state index in [-0.39, 0.29) is 5.78 Å². The molecule has 0 spiro atoms. The maximum Gasteiger partial charge on any atom is 0.177 e. The van der Waals surface area contributed by atoms with Gasteiger partial charge in [0.1, 0.15) is 0 Å². The fourth-order valence-corrected chi connectivity index (χ4v) is 4.51. The lowest BCUT2D eigenvalue weighted by Crippen LogP contribution is -2.00. The molecule has 3 heteroatoms. The monoisotopic (exact) mass is 308 g/mol. The molecule has 0 saturated carbocycles. The predicted octanol–water partition coefficient (Wildman–Crippen LogP) is 5.54. The Hall–Kier alpha value is -1.97. The number of carbonyl (C=O) groups excluding carboxylic acids is 1. The first-order valence-corrected chi connectivity index (χ1v) is 8.48. The maximum absolute atomic E-state index is 12.5. The minimum Gasteiger partial charge on any atom is -0.293 e. The Labute approximate surface area is 130 Å². The van der Waals surface area contributed by atoms with Gasteiger partial charge in [-0.2, -0.15) is 0 Å². The Bertz CT molecular complexity index is 913. The number of rotatable bonds is 3. The molecule has 0 aliphatic rings. The molecule has 0 aliphatic carbocycles. The molecule has 4 aromatic rings. The smallest absolute Gasteiger partial charge is 0.177 e. The van der Waals surface area contributed by atoms with E-state index in [0.29, 0.717) is 6.42 Å². The molecule has 0 N–H and O–H groups in total. The van der Waals surface area contributed by atoms with Crippen LogP contribution >= 0.6 is 22.7 Å². The number of fused-ring (bicyclic) bond motifs is 2. The summed E-state index contributed by atoms with van der Waals surface area (Å²) in [6, 6.07) is 18.4. The maximum atomic E-state index is 12.5. The molecule has 0 fully saturated rings. The van der Waals surface area contributed by atoms with Gasteiger partial charge in [-0.3, -0.25) is 4.79 Å². The lowest BCUT2D eigenvalue weighted by Gasteiger charge is -1.97. The van der Waals surface area contributed by atoms with Crippen LogP contribution in [0, 0.1) is 0 Å². The van der Waals surface area contributed by atoms with Gasteiger partial charge in [0, 0.05) is 15.8 Å². The van der Waals surface area contributed by atoms with Crippen molar-refractivity contribution < 1.29 is 4.79 Å². The molecule has 2 aromatic heterocycles. The molecule has 21 heavy (non-hydrogen) atoms. The molecular formula is C18H12OS2. The SMILES string of the molecule is O=C(Cc1csc2ccccc12)c1cc2ccccc2s1. The highest BCUT2D eigenvalue weighted by Gasteiger charge is 2.13. The third-order valence-corrected chi connectivity index (χ3v) is 5.78. The van der Waals surface area contributed by atoms with E-state index in [1.165, 1.54) is 14.8 Å². The summed E-state index contributed by atoms with van der Waals surface area (Å²) in [6.45, 7) is 0. The van der Waals surface area contributed by atoms with Crippen LogP contribution in [-0.2, 0) is 6.42 Å². The second-order valence-corrected chi connectivity index (χ2v) is 7.00. The first-order valence-electron chi connectivity index (χ1n) is 6.78. The molecule has 0 radical (unpaired) electrons. The number of hydrogen-bond donors (Lipinski definition) is 0. The van der Waals surface area contributed by atoms with Crippen molar-refractivity contribution in [3.63, 3.8) is 0 Å². The Morgan fingerprint density at radius 1 is 0.952 bits per heavy atom. The van der Waals surface area contributed by atoms with E-state index in [4.69, 9.17) is 0 Å². The van der Waals surface area contributed by atoms with Crippen LogP contribution in [0.4, 0.5) is 0 Å². The fraction of sp³-hybridized carbons (Fsp3) is 0.0556. The largest absolute Gasteiger partial charge is 0.293 e. The lowest BCUT2D eigenvalue weighted by molar-refractivity contribution is 0.0997. The minimum atomic E-state index is 0.208. The quantitative estimate of drug-likeness (QED) is 0.454. The van der Waals surface area contributed by atoms with Crippen molar-refractivity contribution in [1.29, 1.82) is 0 Å². The van der Waals surface area contributed by atoms with Crippen LogP contribution in [0.1, 0.15) is 15.2 Å². The highest BCUT2D eigenvalue weighted by molar-refractivity contribution is 7.20. The van der Waals surface area contributed by atoms with Crippen LogP contribution in [-0.4, -0.2) is 5.78 Å². The number of carbonyl (C=O) groups is 1. The van der Waals surface area contributed by atoms with Crippen LogP contribution in [0.5, 0.6) is 0 Å². The highest BCUT2D eigenvalue weighted by Crippen LogP contribution is 2.29. The summed E-state index contributed by atoms with van der Waals surface area (Å²) in [6.07, 6.45) is 0.483. The zero-order valence-electron chi connectivity index (χ0n) is 11.2. The van der Waals surface area contributed by atoms with Crippen LogP contribution in [0.15, 0.2) is 60.0 Å². The van der Waals surface area contributed by atoms with E-state index in [1.807, 2.05) is 30.3 Å². The number of Topliss-reactive ketones (excluding diaryl/α,β-unsaturated/α-hetero) is 1. The van der Waals surface area contributed by atoms with Gasteiger partial charge in [-0.25, -0.2) is 0 Å². The van der Waals surface area contributed by atoms with Gasteiger partial charge in [-0.1, -0.05) is 36.4 Å². The Morgan fingerprint density at radius 2 is 1.71 bits per heavy atom. The third kappa shape index (κ3) is 2.28. The predicted molar refractivity (Wildman–Crippen MR) is 91.7 cm³/mol. The van der Waals surface area contributed by atoms with Gasteiger partial charge in [-0.15, -0.1) is 22.7 Å². The van der Waals surface area contributed by atoms with Crippen molar-refractivity contribution in [1.82, 2.24) is 0 Å². The van der Waals surface area contributed by atoms with E-state index >= 15 is 0 Å². The van der Waals surface area contributed by atoms with Gasteiger partial charge >= 0.3 is 0 Å². The molecule has 0 aliphatic heterocycles. The molecule has 0 unspecified atom stereocenters. The molecular weight excluding hydrogens is 296 g/mol. The lowest BCUT2D eigenvalue weighted by atomic mass is 10.1. The van der Waals surface area contributed by atoms with Crippen LogP contribution in [0.3, 0.4) is 0 Å². The summed E-state index contributed by atoms with van der Waals surface area (Å²) in [5.74, 6) is 0.208. The van der Waals surface area contributed by atoms with Gasteiger partial charge in [0.05, 0.1) is 4.88 Å². The molecule has 0 saturated heterocycles. The second-order valence-electron chi connectivity index (χ2n) is 5.01. The van der Waals surface area contributed by atoms with Gasteiger partial charge in [0.2, 0.25) is 0 Å². The van der Waals surface area contributed by atoms with Crippen LogP contribution < -0.4 is 0 Å². The number of thiophene rings is 2. The molecule has 2 aromatic carbocycles. The van der Waals surface area contributed by atoms with Crippen molar-refractivity contribution in [3.05, 3.63) is 70.4 Å². The fourth-order valence-electron chi connectivity index (χ4n) is 2.55. The number of hydrogen-bond acceptors (Lipinski definition) is 3. The first-order chi connectivity index (χ1) is 10.3. The third-order valence-electron chi connectivity index (χ3n) is 3.61. The summed E-state index contributed by atoms with van der Waals surface area (Å²) in [5.41, 5.74) is 1.14. The van der Waals surface area contributed by atoms with E-state index in [0.717, 1.165) is 15.8 Å². The zero-order chi connectivity index (χ0) is 14.2. The van der Waals surface area contributed by atoms with Crippen LogP contribution in [0.2, 0.25) is 0 Å². The van der Waals surface area contributed by atoms with Crippen molar-refractivity contribution >= 4 is 48.6 Å². The standard InChI is InChI=1S/C18H12OS2/c19-15(18-10-12-5-1-3-7-16(12)21-18)9-13-11-20-17-8-4-2-6-14(13)17/h1-8,10-11H,9H2. The van der Waals surface area contributed by atoms with Gasteiger partial charge in [-0.05, 0) is 39.9 Å². The average molecular weight is 308 g/mol. The van der Waals surface area contributed by atoms with Crippen molar-refractivity contribution in [3.8, 4) is 0 Å². The first kappa shape index (κ1) is 12.7. The van der Waals surface area contributed by atoms with E-state index in [2.05, 4.69) is 29.6 Å². The van der Waals surface area contributed by atoms with Gasteiger partial charge in [0.25, 0.3) is 0 Å². The second kappa shape index (κ2) is 5.10. The Morgan fingerprint density at radius 3 is 2.57 bits per heavy atom. The molecule has 0 amide bonds. The molecule has 2 heterocycles. The zero-order valence-corrected chi connectivity index (χ0v) is 12.8. The number of benzene rings is 2. The highest BCUT2D eigenvalue weighted by atomic mass is 32.1. The molecule has 0 bridgehead atoms. The van der Waals surface area contributed by atoms with Crippen molar-refractivity contribution in [2.75, 3.05) is 0 Å². The summed E-state index contributed by atoms with van der Waals surface area (Å²) >= 11 is 3.29. The van der Waals surface area contributed by atoms with E-state index < -0.39 is 0 Å². The molecule has 1 nitrogen and oxygen atoms in total. The molecule has 0 atom stereocenters. The summed E-state index contributed by atoms with van der Waals surface area (Å²) in [4.78, 5) is 13.4. The topological polar surface area (TPSA) is 17.1 Å². The normalized spacial score (nSPS) is 11.2. The Kier molecular flexibility index (Phi) is 3.09. The molecule has 102 valence electrons. The minimum absolute atomic E-state index is 0.208. The number of ketones is 1. The molecule has 4 rings (SSSR count).